The zero-order valence-corrected chi connectivity index (χ0v) is 10.9. The Kier molecular flexibility index (Phi) is 3.76. The molecule has 0 fully saturated rings. The van der Waals surface area contributed by atoms with Crippen LogP contribution < -0.4 is 5.32 Å². The molecular formula is C12H10BrF2N3. The predicted octanol–water partition coefficient (Wildman–Crippen LogP) is 3.85. The number of rotatable bonds is 4. The number of hydrogen-bond acceptors (Lipinski definition) is 2. The lowest BCUT2D eigenvalue weighted by Gasteiger charge is -2.10. The van der Waals surface area contributed by atoms with Crippen LogP contribution in [0.1, 0.15) is 0 Å². The second kappa shape index (κ2) is 5.30. The van der Waals surface area contributed by atoms with E-state index in [-0.39, 0.29) is 5.69 Å². The van der Waals surface area contributed by atoms with Crippen molar-refractivity contribution in [2.75, 3.05) is 5.32 Å². The Morgan fingerprint density at radius 3 is 2.89 bits per heavy atom. The molecule has 0 unspecified atom stereocenters. The minimum atomic E-state index is -0.685. The highest BCUT2D eigenvalue weighted by Crippen LogP contribution is 2.29. The summed E-state index contributed by atoms with van der Waals surface area (Å²) in [6.07, 6.45) is 5.02. The van der Waals surface area contributed by atoms with Crippen molar-refractivity contribution in [3.63, 3.8) is 0 Å². The van der Waals surface area contributed by atoms with Crippen molar-refractivity contribution in [1.29, 1.82) is 0 Å². The molecule has 0 spiro atoms. The van der Waals surface area contributed by atoms with E-state index in [1.807, 2.05) is 0 Å². The molecule has 0 amide bonds. The molecular weight excluding hydrogens is 304 g/mol. The smallest absolute Gasteiger partial charge is 0.207 e. The zero-order chi connectivity index (χ0) is 13.1. The van der Waals surface area contributed by atoms with Gasteiger partial charge in [0.2, 0.25) is 5.95 Å². The largest absolute Gasteiger partial charge is 0.322 e. The fraction of sp³-hybridized carbons (Fsp3) is 0.0833. The molecule has 0 radical (unpaired) electrons. The minimum absolute atomic E-state index is 0.146. The molecule has 1 heterocycles. The van der Waals surface area contributed by atoms with Gasteiger partial charge >= 0.3 is 0 Å². The number of benzene rings is 1. The van der Waals surface area contributed by atoms with Gasteiger partial charge in [-0.25, -0.2) is 13.8 Å². The molecule has 94 valence electrons. The molecule has 1 aromatic carbocycles. The molecule has 0 atom stereocenters. The Morgan fingerprint density at radius 1 is 1.44 bits per heavy atom. The Labute approximate surface area is 111 Å². The Hall–Kier alpha value is -1.69. The molecule has 6 heteroatoms. The first kappa shape index (κ1) is 12.8. The maximum absolute atomic E-state index is 13.6. The van der Waals surface area contributed by atoms with Crippen molar-refractivity contribution >= 4 is 27.6 Å². The van der Waals surface area contributed by atoms with E-state index >= 15 is 0 Å². The molecule has 2 rings (SSSR count). The molecule has 1 N–H and O–H groups in total. The van der Waals surface area contributed by atoms with E-state index in [0.29, 0.717) is 17.0 Å². The Bertz CT molecular complexity index is 557. The number of allylic oxidation sites excluding steroid dienone is 1. The fourth-order valence-corrected chi connectivity index (χ4v) is 2.00. The summed E-state index contributed by atoms with van der Waals surface area (Å²) in [6, 6.07) is 2.00. The summed E-state index contributed by atoms with van der Waals surface area (Å²) >= 11 is 3.11. The zero-order valence-electron chi connectivity index (χ0n) is 9.33. The molecule has 1 aromatic heterocycles. The lowest BCUT2D eigenvalue weighted by molar-refractivity contribution is 0.584. The van der Waals surface area contributed by atoms with Gasteiger partial charge in [-0.1, -0.05) is 6.08 Å². The quantitative estimate of drug-likeness (QED) is 0.869. The summed E-state index contributed by atoms with van der Waals surface area (Å²) in [5.74, 6) is -0.865. The third kappa shape index (κ3) is 2.59. The first-order valence-corrected chi connectivity index (χ1v) is 5.94. The SMILES string of the molecule is C=CCn1ccnc1Nc1c(F)cc(F)cc1Br. The highest BCUT2D eigenvalue weighted by Gasteiger charge is 2.12. The number of hydrogen-bond donors (Lipinski definition) is 1. The molecule has 2 aromatic rings. The number of nitrogens with zero attached hydrogens (tertiary/aromatic N) is 2. The third-order valence-electron chi connectivity index (χ3n) is 2.28. The van der Waals surface area contributed by atoms with Gasteiger partial charge < -0.3 is 9.88 Å². The summed E-state index contributed by atoms with van der Waals surface area (Å²) < 4.78 is 28.6. The lowest BCUT2D eigenvalue weighted by Crippen LogP contribution is -2.04. The van der Waals surface area contributed by atoms with Gasteiger partial charge in [-0.2, -0.15) is 0 Å². The lowest BCUT2D eigenvalue weighted by atomic mass is 10.3. The third-order valence-corrected chi connectivity index (χ3v) is 2.91. The number of imidazole rings is 1. The molecule has 18 heavy (non-hydrogen) atoms. The van der Waals surface area contributed by atoms with E-state index in [9.17, 15) is 8.78 Å². The van der Waals surface area contributed by atoms with Gasteiger partial charge in [0.15, 0.2) is 5.82 Å². The highest BCUT2D eigenvalue weighted by atomic mass is 79.9. The average Bonchev–Trinajstić information content (AvgIpc) is 2.71. The summed E-state index contributed by atoms with van der Waals surface area (Å²) in [5.41, 5.74) is 0.146. The van der Waals surface area contributed by atoms with Gasteiger partial charge in [-0.3, -0.25) is 0 Å². The van der Waals surface area contributed by atoms with Crippen LogP contribution in [0.5, 0.6) is 0 Å². The molecule has 0 saturated carbocycles. The van der Waals surface area contributed by atoms with Gasteiger partial charge in [0.25, 0.3) is 0 Å². The van der Waals surface area contributed by atoms with Crippen molar-refractivity contribution in [1.82, 2.24) is 9.55 Å². The Morgan fingerprint density at radius 2 is 2.22 bits per heavy atom. The Balaban J connectivity index is 2.34. The van der Waals surface area contributed by atoms with Gasteiger partial charge in [0.05, 0.1) is 5.69 Å². The van der Waals surface area contributed by atoms with E-state index in [0.717, 1.165) is 6.07 Å². The van der Waals surface area contributed by atoms with E-state index in [1.165, 1.54) is 6.07 Å². The van der Waals surface area contributed by atoms with Crippen molar-refractivity contribution in [3.05, 3.63) is 53.3 Å². The van der Waals surface area contributed by atoms with Crippen LogP contribution >= 0.6 is 15.9 Å². The summed E-state index contributed by atoms with van der Waals surface area (Å²) in [4.78, 5) is 4.06. The molecule has 0 saturated heterocycles. The van der Waals surface area contributed by atoms with Crippen molar-refractivity contribution in [3.8, 4) is 0 Å². The van der Waals surface area contributed by atoms with Gasteiger partial charge in [-0.15, -0.1) is 6.58 Å². The van der Waals surface area contributed by atoms with E-state index in [4.69, 9.17) is 0 Å². The van der Waals surface area contributed by atoms with E-state index in [2.05, 4.69) is 32.8 Å². The summed E-state index contributed by atoms with van der Waals surface area (Å²) in [6.45, 7) is 4.17. The summed E-state index contributed by atoms with van der Waals surface area (Å²) in [5, 5.41) is 2.82. The van der Waals surface area contributed by atoms with Crippen LogP contribution in [-0.4, -0.2) is 9.55 Å². The van der Waals surface area contributed by atoms with Crippen LogP contribution in [0.4, 0.5) is 20.4 Å². The number of aromatic nitrogens is 2. The minimum Gasteiger partial charge on any atom is -0.322 e. The summed E-state index contributed by atoms with van der Waals surface area (Å²) in [7, 11) is 0. The molecule has 0 aliphatic rings. The fourth-order valence-electron chi connectivity index (χ4n) is 1.49. The normalized spacial score (nSPS) is 10.4. The van der Waals surface area contributed by atoms with Crippen molar-refractivity contribution in [2.24, 2.45) is 0 Å². The molecule has 3 nitrogen and oxygen atoms in total. The predicted molar refractivity (Wildman–Crippen MR) is 69.8 cm³/mol. The van der Waals surface area contributed by atoms with Crippen molar-refractivity contribution < 1.29 is 8.78 Å². The van der Waals surface area contributed by atoms with Crippen LogP contribution in [0.25, 0.3) is 0 Å². The van der Waals surface area contributed by atoms with Gasteiger partial charge in [0.1, 0.15) is 5.82 Å². The van der Waals surface area contributed by atoms with E-state index in [1.54, 1.807) is 23.0 Å². The topological polar surface area (TPSA) is 29.9 Å². The monoisotopic (exact) mass is 313 g/mol. The second-order valence-electron chi connectivity index (χ2n) is 3.56. The molecule has 0 aliphatic carbocycles. The van der Waals surface area contributed by atoms with Crippen LogP contribution in [0.15, 0.2) is 41.7 Å². The van der Waals surface area contributed by atoms with E-state index < -0.39 is 11.6 Å². The molecule has 0 aliphatic heterocycles. The number of nitrogens with one attached hydrogen (secondary N) is 1. The van der Waals surface area contributed by atoms with Crippen LogP contribution in [0.2, 0.25) is 0 Å². The van der Waals surface area contributed by atoms with Crippen LogP contribution in [0, 0.1) is 11.6 Å². The standard InChI is InChI=1S/C12H10BrF2N3/c1-2-4-18-5-3-16-12(18)17-11-9(13)6-8(14)7-10(11)15/h2-3,5-7H,1,4H2,(H,16,17). The second-order valence-corrected chi connectivity index (χ2v) is 4.42. The first-order chi connectivity index (χ1) is 8.61. The highest BCUT2D eigenvalue weighted by molar-refractivity contribution is 9.10. The maximum atomic E-state index is 13.6. The van der Waals surface area contributed by atoms with Crippen LogP contribution in [-0.2, 0) is 6.54 Å². The maximum Gasteiger partial charge on any atom is 0.207 e. The van der Waals surface area contributed by atoms with Crippen LogP contribution in [0.3, 0.4) is 0 Å². The molecule has 0 bridgehead atoms. The first-order valence-electron chi connectivity index (χ1n) is 5.15. The average molecular weight is 314 g/mol. The van der Waals surface area contributed by atoms with Gasteiger partial charge in [-0.05, 0) is 22.0 Å². The number of anilines is 2. The number of halogens is 3. The van der Waals surface area contributed by atoms with Crippen molar-refractivity contribution in [2.45, 2.75) is 6.54 Å². The van der Waals surface area contributed by atoms with Gasteiger partial charge in [0, 0.05) is 29.5 Å².